The molecule has 22 heavy (non-hydrogen) atoms. The zero-order valence-corrected chi connectivity index (χ0v) is 14.0. The van der Waals surface area contributed by atoms with E-state index >= 15 is 0 Å². The molecule has 0 amide bonds. The van der Waals surface area contributed by atoms with Crippen molar-refractivity contribution in [3.05, 3.63) is 23.8 Å². The first-order chi connectivity index (χ1) is 10.2. The summed E-state index contributed by atoms with van der Waals surface area (Å²) in [5.74, 6) is 0.535. The van der Waals surface area contributed by atoms with Crippen LogP contribution in [0, 0.1) is 0 Å². The number of fused-ring (bicyclic) bond motifs is 1. The minimum absolute atomic E-state index is 0.279. The topological polar surface area (TPSA) is 61.8 Å². The van der Waals surface area contributed by atoms with E-state index in [1.807, 2.05) is 0 Å². The van der Waals surface area contributed by atoms with Gasteiger partial charge in [-0.3, -0.25) is 0 Å². The average Bonchev–Trinajstić information content (AvgIpc) is 2.81. The molecule has 1 aliphatic carbocycles. The highest BCUT2D eigenvalue weighted by Gasteiger charge is 2.43. The van der Waals surface area contributed by atoms with E-state index in [0.29, 0.717) is 12.4 Å². The van der Waals surface area contributed by atoms with E-state index in [9.17, 15) is 8.42 Å². The summed E-state index contributed by atoms with van der Waals surface area (Å²) in [5.41, 5.74) is 0.635. The Morgan fingerprint density at radius 3 is 2.50 bits per heavy atom. The van der Waals surface area contributed by atoms with Crippen molar-refractivity contribution in [2.45, 2.75) is 50.7 Å². The predicted molar refractivity (Wildman–Crippen MR) is 82.7 cm³/mol. The van der Waals surface area contributed by atoms with E-state index in [4.69, 9.17) is 13.7 Å². The van der Waals surface area contributed by atoms with Gasteiger partial charge in [0.25, 0.3) is 0 Å². The van der Waals surface area contributed by atoms with Crippen molar-refractivity contribution < 1.29 is 22.1 Å². The molecule has 6 heteroatoms. The lowest BCUT2D eigenvalue weighted by Crippen LogP contribution is -2.37. The van der Waals surface area contributed by atoms with E-state index in [1.165, 1.54) is 0 Å². The second-order valence-electron chi connectivity index (χ2n) is 6.84. The van der Waals surface area contributed by atoms with Crippen LogP contribution in [0.4, 0.5) is 0 Å². The zero-order valence-electron chi connectivity index (χ0n) is 13.2. The quantitative estimate of drug-likeness (QED) is 0.782. The second-order valence-corrected chi connectivity index (χ2v) is 8.41. The largest absolute Gasteiger partial charge is 0.462 e. The molecule has 2 aliphatic rings. The van der Waals surface area contributed by atoms with Gasteiger partial charge in [-0.25, -0.2) is 0 Å². The highest BCUT2D eigenvalue weighted by molar-refractivity contribution is 7.86. The third kappa shape index (κ3) is 3.08. The molecule has 3 rings (SSSR count). The summed E-state index contributed by atoms with van der Waals surface area (Å²) >= 11 is 0. The summed E-state index contributed by atoms with van der Waals surface area (Å²) in [6.45, 7) is 4.66. The zero-order chi connectivity index (χ0) is 16.0. The van der Waals surface area contributed by atoms with E-state index in [0.717, 1.165) is 43.3 Å². The van der Waals surface area contributed by atoms with E-state index in [-0.39, 0.29) is 5.41 Å². The number of ether oxygens (including phenoxy) is 2. The molecule has 0 aromatic heterocycles. The fourth-order valence-electron chi connectivity index (χ4n) is 3.13. The van der Waals surface area contributed by atoms with Gasteiger partial charge in [-0.15, -0.1) is 0 Å². The molecule has 1 spiro atoms. The van der Waals surface area contributed by atoms with Crippen LogP contribution in [0.2, 0.25) is 0 Å². The summed E-state index contributed by atoms with van der Waals surface area (Å²) in [5, 5.41) is 0. The molecule has 1 saturated carbocycles. The Morgan fingerprint density at radius 1 is 1.18 bits per heavy atom. The average molecular weight is 326 g/mol. The van der Waals surface area contributed by atoms with Crippen molar-refractivity contribution in [2.24, 2.45) is 0 Å². The number of rotatable bonds is 2. The number of benzene rings is 1. The molecule has 5 nitrogen and oxygen atoms in total. The molecule has 1 aromatic rings. The fourth-order valence-corrected chi connectivity index (χ4v) is 3.59. The third-order valence-corrected chi connectivity index (χ3v) is 4.78. The first kappa shape index (κ1) is 15.6. The van der Waals surface area contributed by atoms with Crippen molar-refractivity contribution >= 4 is 10.1 Å². The molecule has 0 saturated heterocycles. The van der Waals surface area contributed by atoms with Gasteiger partial charge < -0.3 is 13.7 Å². The molecule has 122 valence electrons. The lowest BCUT2D eigenvalue weighted by molar-refractivity contribution is -0.178. The summed E-state index contributed by atoms with van der Waals surface area (Å²) in [7, 11) is -3.54. The Kier molecular flexibility index (Phi) is 3.64. The maximum atomic E-state index is 11.3. The molecule has 1 heterocycles. The van der Waals surface area contributed by atoms with Crippen LogP contribution in [0.3, 0.4) is 0 Å². The Labute approximate surface area is 131 Å². The highest BCUT2D eigenvalue weighted by atomic mass is 32.2. The van der Waals surface area contributed by atoms with Crippen molar-refractivity contribution in [2.75, 3.05) is 12.9 Å². The molecular weight excluding hydrogens is 304 g/mol. The standard InChI is InChI=1S/C16H22O5S/c1-15(2)11-19-16(8-4-5-9-16)20-14-7-6-12(10-13(14)15)21-22(3,17)18/h6-7,10H,4-5,8-9,11H2,1-3H3. The molecule has 1 fully saturated rings. The van der Waals surface area contributed by atoms with Crippen molar-refractivity contribution in [3.8, 4) is 11.5 Å². The van der Waals surface area contributed by atoms with Crippen LogP contribution in [0.5, 0.6) is 11.5 Å². The first-order valence-corrected chi connectivity index (χ1v) is 9.38. The molecule has 1 aliphatic heterocycles. The van der Waals surface area contributed by atoms with Crippen LogP contribution in [0.1, 0.15) is 45.1 Å². The number of hydrogen-bond acceptors (Lipinski definition) is 5. The van der Waals surface area contributed by atoms with Crippen LogP contribution in [-0.2, 0) is 20.3 Å². The van der Waals surface area contributed by atoms with Crippen LogP contribution >= 0.6 is 0 Å². The van der Waals surface area contributed by atoms with Gasteiger partial charge in [0.15, 0.2) is 0 Å². The van der Waals surface area contributed by atoms with Gasteiger partial charge in [-0.05, 0) is 31.0 Å². The van der Waals surface area contributed by atoms with Crippen LogP contribution in [0.25, 0.3) is 0 Å². The van der Waals surface area contributed by atoms with Gasteiger partial charge in [-0.1, -0.05) is 13.8 Å². The minimum Gasteiger partial charge on any atom is -0.462 e. The molecule has 1 aromatic carbocycles. The van der Waals surface area contributed by atoms with Gasteiger partial charge in [0, 0.05) is 23.8 Å². The molecule has 0 atom stereocenters. The van der Waals surface area contributed by atoms with Gasteiger partial charge >= 0.3 is 10.1 Å². The van der Waals surface area contributed by atoms with E-state index < -0.39 is 15.9 Å². The first-order valence-electron chi connectivity index (χ1n) is 7.56. The maximum Gasteiger partial charge on any atom is 0.306 e. The van der Waals surface area contributed by atoms with Crippen LogP contribution in [-0.4, -0.2) is 27.1 Å². The molecule has 0 radical (unpaired) electrons. The second kappa shape index (κ2) is 5.13. The molecule has 0 bridgehead atoms. The smallest absolute Gasteiger partial charge is 0.306 e. The summed E-state index contributed by atoms with van der Waals surface area (Å²) < 4.78 is 39.9. The van der Waals surface area contributed by atoms with E-state index in [2.05, 4.69) is 13.8 Å². The van der Waals surface area contributed by atoms with Gasteiger partial charge in [0.2, 0.25) is 5.79 Å². The Balaban J connectivity index is 2.00. The van der Waals surface area contributed by atoms with E-state index in [1.54, 1.807) is 18.2 Å². The Morgan fingerprint density at radius 2 is 1.86 bits per heavy atom. The highest BCUT2D eigenvalue weighted by Crippen LogP contribution is 2.45. The summed E-state index contributed by atoms with van der Waals surface area (Å²) in [4.78, 5) is 0. The lowest BCUT2D eigenvalue weighted by atomic mass is 9.85. The summed E-state index contributed by atoms with van der Waals surface area (Å²) in [6.07, 6.45) is 5.03. The van der Waals surface area contributed by atoms with Gasteiger partial charge in [-0.2, -0.15) is 8.42 Å². The summed E-state index contributed by atoms with van der Waals surface area (Å²) in [6, 6.07) is 5.16. The Bertz CT molecular complexity index is 672. The van der Waals surface area contributed by atoms with Gasteiger partial charge in [0.1, 0.15) is 11.5 Å². The predicted octanol–water partition coefficient (Wildman–Crippen LogP) is 2.98. The minimum atomic E-state index is -3.54. The SMILES string of the molecule is CC1(C)COC2(CCCC2)Oc2ccc(OS(C)(=O)=O)cc21. The van der Waals surface area contributed by atoms with Crippen LogP contribution < -0.4 is 8.92 Å². The normalized spacial score (nSPS) is 22.7. The van der Waals surface area contributed by atoms with Crippen molar-refractivity contribution in [1.29, 1.82) is 0 Å². The molecule has 0 unspecified atom stereocenters. The number of hydrogen-bond donors (Lipinski definition) is 0. The maximum absolute atomic E-state index is 11.3. The molecular formula is C16H22O5S. The van der Waals surface area contributed by atoms with Gasteiger partial charge in [0.05, 0.1) is 12.9 Å². The van der Waals surface area contributed by atoms with Crippen molar-refractivity contribution in [1.82, 2.24) is 0 Å². The monoisotopic (exact) mass is 326 g/mol. The Hall–Kier alpha value is -1.27. The third-order valence-electron chi connectivity index (χ3n) is 4.29. The molecule has 0 N–H and O–H groups in total. The fraction of sp³-hybridized carbons (Fsp3) is 0.625. The van der Waals surface area contributed by atoms with Crippen LogP contribution in [0.15, 0.2) is 18.2 Å². The van der Waals surface area contributed by atoms with Crippen molar-refractivity contribution in [3.63, 3.8) is 0 Å². The lowest BCUT2D eigenvalue weighted by Gasteiger charge is -2.29.